The number of rotatable bonds is 4. The molecule has 0 aliphatic rings. The summed E-state index contributed by atoms with van der Waals surface area (Å²) in [7, 11) is 0. The Bertz CT molecular complexity index is 136. The highest BCUT2D eigenvalue weighted by Gasteiger charge is 2.22. The highest BCUT2D eigenvalue weighted by molar-refractivity contribution is 5.73. The van der Waals surface area contributed by atoms with Crippen molar-refractivity contribution in [2.75, 3.05) is 0 Å². The number of aliphatic carboxylic acids is 1. The molecule has 2 atom stereocenters. The lowest BCUT2D eigenvalue weighted by Gasteiger charge is -2.16. The summed E-state index contributed by atoms with van der Waals surface area (Å²) >= 11 is 0. The van der Waals surface area contributed by atoms with Crippen molar-refractivity contribution in [3.05, 3.63) is 0 Å². The molecule has 0 aromatic heterocycles. The van der Waals surface area contributed by atoms with Crippen LogP contribution in [0.1, 0.15) is 20.3 Å². The van der Waals surface area contributed by atoms with Crippen LogP contribution < -0.4 is 5.73 Å². The molecule has 0 aliphatic heterocycles. The van der Waals surface area contributed by atoms with Crippen molar-refractivity contribution in [2.45, 2.75) is 32.4 Å². The van der Waals surface area contributed by atoms with Crippen molar-refractivity contribution in [2.24, 2.45) is 11.7 Å². The van der Waals surface area contributed by atoms with Gasteiger partial charge >= 0.3 is 5.97 Å². The summed E-state index contributed by atoms with van der Waals surface area (Å²) in [5.41, 5.74) is 5.16. The molecular weight excluding hydrogens is 146 g/mol. The Labute approximate surface area is 66.0 Å². The van der Waals surface area contributed by atoms with Gasteiger partial charge in [0.25, 0.3) is 0 Å². The maximum atomic E-state index is 10.2. The second-order valence-corrected chi connectivity index (χ2v) is 3.06. The van der Waals surface area contributed by atoms with E-state index in [-0.39, 0.29) is 5.92 Å². The van der Waals surface area contributed by atoms with Crippen LogP contribution in [0, 0.1) is 5.92 Å². The lowest BCUT2D eigenvalue weighted by Crippen LogP contribution is -2.42. The molecule has 4 N–H and O–H groups in total. The maximum absolute atomic E-state index is 10.2. The fraction of sp³-hybridized carbons (Fsp3) is 0.857. The molecule has 66 valence electrons. The van der Waals surface area contributed by atoms with E-state index in [4.69, 9.17) is 15.9 Å². The lowest BCUT2D eigenvalue weighted by atomic mass is 10.0. The molecule has 0 heterocycles. The topological polar surface area (TPSA) is 83.5 Å². The summed E-state index contributed by atoms with van der Waals surface area (Å²) in [5, 5.41) is 17.5. The Balaban J connectivity index is 3.82. The first-order valence-corrected chi connectivity index (χ1v) is 3.61. The minimum Gasteiger partial charge on any atom is -0.480 e. The van der Waals surface area contributed by atoms with Gasteiger partial charge in [0, 0.05) is 0 Å². The van der Waals surface area contributed by atoms with E-state index in [9.17, 15) is 4.79 Å². The predicted octanol–water partition coefficient (Wildman–Crippen LogP) is -0.195. The van der Waals surface area contributed by atoms with Gasteiger partial charge in [-0.1, -0.05) is 13.8 Å². The van der Waals surface area contributed by atoms with E-state index in [0.29, 0.717) is 6.42 Å². The van der Waals surface area contributed by atoms with E-state index in [0.717, 1.165) is 0 Å². The van der Waals surface area contributed by atoms with Crippen LogP contribution in [0.3, 0.4) is 0 Å². The second kappa shape index (κ2) is 4.31. The number of aliphatic hydroxyl groups is 1. The van der Waals surface area contributed by atoms with Crippen molar-refractivity contribution in [1.82, 2.24) is 0 Å². The van der Waals surface area contributed by atoms with Crippen molar-refractivity contribution in [1.29, 1.82) is 0 Å². The van der Waals surface area contributed by atoms with Crippen LogP contribution in [-0.2, 0) is 4.79 Å². The van der Waals surface area contributed by atoms with E-state index in [2.05, 4.69) is 0 Å². The van der Waals surface area contributed by atoms with Crippen LogP contribution in [0.5, 0.6) is 0 Å². The molecule has 11 heavy (non-hydrogen) atoms. The van der Waals surface area contributed by atoms with Crippen molar-refractivity contribution in [3.63, 3.8) is 0 Å². The summed E-state index contributed by atoms with van der Waals surface area (Å²) in [6.07, 6.45) is -0.513. The van der Waals surface area contributed by atoms with E-state index < -0.39 is 18.1 Å². The minimum absolute atomic E-state index is 0.260. The molecule has 0 rings (SSSR count). The van der Waals surface area contributed by atoms with E-state index in [1.165, 1.54) is 0 Å². The van der Waals surface area contributed by atoms with Crippen molar-refractivity contribution < 1.29 is 15.0 Å². The molecule has 0 spiro atoms. The van der Waals surface area contributed by atoms with Gasteiger partial charge in [0.15, 0.2) is 0 Å². The average molecular weight is 161 g/mol. The molecule has 0 bridgehead atoms. The summed E-state index contributed by atoms with van der Waals surface area (Å²) in [5.74, 6) is -0.895. The number of carboxylic acids is 1. The molecule has 0 aromatic carbocycles. The van der Waals surface area contributed by atoms with Gasteiger partial charge in [-0.2, -0.15) is 0 Å². The molecule has 0 amide bonds. The van der Waals surface area contributed by atoms with Crippen molar-refractivity contribution >= 4 is 5.97 Å². The number of carbonyl (C=O) groups is 1. The van der Waals surface area contributed by atoms with Crippen LogP contribution in [0.2, 0.25) is 0 Å². The summed E-state index contributed by atoms with van der Waals surface area (Å²) in [4.78, 5) is 10.2. The third-order valence-electron chi connectivity index (χ3n) is 1.41. The third kappa shape index (κ3) is 3.95. The SMILES string of the molecule is CC(C)CC(O)C(N)C(=O)O. The van der Waals surface area contributed by atoms with Gasteiger partial charge in [0.05, 0.1) is 6.10 Å². The Morgan fingerprint density at radius 2 is 2.00 bits per heavy atom. The first-order chi connectivity index (χ1) is 4.95. The fourth-order valence-electron chi connectivity index (χ4n) is 0.794. The van der Waals surface area contributed by atoms with Gasteiger partial charge in [-0.25, -0.2) is 0 Å². The molecule has 0 saturated heterocycles. The van der Waals surface area contributed by atoms with Crippen LogP contribution in [0.15, 0.2) is 0 Å². The Hall–Kier alpha value is -0.610. The standard InChI is InChI=1S/C7H15NO3/c1-4(2)3-5(9)6(8)7(10)11/h4-6,9H,3,8H2,1-2H3,(H,10,11). The van der Waals surface area contributed by atoms with Crippen LogP contribution in [0.4, 0.5) is 0 Å². The maximum Gasteiger partial charge on any atom is 0.323 e. The molecular formula is C7H15NO3. The quantitative estimate of drug-likeness (QED) is 0.533. The Kier molecular flexibility index (Phi) is 4.07. The highest BCUT2D eigenvalue weighted by atomic mass is 16.4. The monoisotopic (exact) mass is 161 g/mol. The number of hydrogen-bond donors (Lipinski definition) is 3. The summed E-state index contributed by atoms with van der Waals surface area (Å²) in [6, 6.07) is -1.16. The molecule has 4 nitrogen and oxygen atoms in total. The van der Waals surface area contributed by atoms with Gasteiger partial charge in [-0.15, -0.1) is 0 Å². The van der Waals surface area contributed by atoms with Crippen LogP contribution in [-0.4, -0.2) is 28.3 Å². The average Bonchev–Trinajstić information content (AvgIpc) is 1.84. The number of aliphatic hydroxyl groups excluding tert-OH is 1. The predicted molar refractivity (Wildman–Crippen MR) is 41.1 cm³/mol. The molecule has 0 radical (unpaired) electrons. The molecule has 2 unspecified atom stereocenters. The number of nitrogens with two attached hydrogens (primary N) is 1. The van der Waals surface area contributed by atoms with Gasteiger partial charge in [0.1, 0.15) is 6.04 Å². The normalized spacial score (nSPS) is 16.5. The van der Waals surface area contributed by atoms with E-state index in [1.807, 2.05) is 13.8 Å². The van der Waals surface area contributed by atoms with Gasteiger partial charge in [-0.3, -0.25) is 4.79 Å². The summed E-state index contributed by atoms with van der Waals surface area (Å²) < 4.78 is 0. The first-order valence-electron chi connectivity index (χ1n) is 3.61. The van der Waals surface area contributed by atoms with Crippen LogP contribution in [0.25, 0.3) is 0 Å². The second-order valence-electron chi connectivity index (χ2n) is 3.06. The first kappa shape index (κ1) is 10.4. The highest BCUT2D eigenvalue weighted by Crippen LogP contribution is 2.06. The van der Waals surface area contributed by atoms with Gasteiger partial charge in [-0.05, 0) is 12.3 Å². The lowest BCUT2D eigenvalue weighted by molar-refractivity contribution is -0.141. The summed E-state index contributed by atoms with van der Waals surface area (Å²) in [6.45, 7) is 3.80. The molecule has 0 aliphatic carbocycles. The zero-order chi connectivity index (χ0) is 9.02. The van der Waals surface area contributed by atoms with Crippen molar-refractivity contribution in [3.8, 4) is 0 Å². The molecule has 0 aromatic rings. The fourth-order valence-corrected chi connectivity index (χ4v) is 0.794. The number of carboxylic acid groups (broad SMARTS) is 1. The van der Waals surface area contributed by atoms with Crippen LogP contribution >= 0.6 is 0 Å². The smallest absolute Gasteiger partial charge is 0.323 e. The Morgan fingerprint density at radius 1 is 1.55 bits per heavy atom. The minimum atomic E-state index is -1.16. The molecule has 4 heteroatoms. The zero-order valence-electron chi connectivity index (χ0n) is 6.82. The van der Waals surface area contributed by atoms with E-state index in [1.54, 1.807) is 0 Å². The third-order valence-corrected chi connectivity index (χ3v) is 1.41. The largest absolute Gasteiger partial charge is 0.480 e. The number of hydrogen-bond acceptors (Lipinski definition) is 3. The van der Waals surface area contributed by atoms with E-state index >= 15 is 0 Å². The molecule has 0 saturated carbocycles. The van der Waals surface area contributed by atoms with Gasteiger partial charge in [0.2, 0.25) is 0 Å². The molecule has 0 fully saturated rings. The zero-order valence-corrected chi connectivity index (χ0v) is 6.82. The Morgan fingerprint density at radius 3 is 2.27 bits per heavy atom. The van der Waals surface area contributed by atoms with Gasteiger partial charge < -0.3 is 15.9 Å².